The molecule has 4 aromatic rings. The Morgan fingerprint density at radius 3 is 2.79 bits per heavy atom. The van der Waals surface area contributed by atoms with Crippen LogP contribution in [0, 0.1) is 0 Å². The summed E-state index contributed by atoms with van der Waals surface area (Å²) in [7, 11) is 0. The highest BCUT2D eigenvalue weighted by atomic mass is 19.4. The number of fused-ring (bicyclic) bond motifs is 3. The number of benzene rings is 1. The van der Waals surface area contributed by atoms with Crippen LogP contribution in [0.2, 0.25) is 0 Å². The molecule has 5 rings (SSSR count). The van der Waals surface area contributed by atoms with E-state index in [4.69, 9.17) is 4.42 Å². The largest absolute Gasteiger partial charge is 0.450 e. The number of nitrogens with zero attached hydrogens (tertiary/aromatic N) is 5. The summed E-state index contributed by atoms with van der Waals surface area (Å²) in [4.78, 5) is 10.8. The molecule has 144 valence electrons. The quantitative estimate of drug-likeness (QED) is 0.509. The second-order valence-corrected chi connectivity index (χ2v) is 6.89. The number of piperidine rings is 1. The summed E-state index contributed by atoms with van der Waals surface area (Å²) < 4.78 is 46.0. The molecular formula is C19H16F3N5O. The number of para-hydroxylation sites is 1. The lowest BCUT2D eigenvalue weighted by atomic mass is 10.1. The number of anilines is 1. The monoisotopic (exact) mass is 387 g/mol. The van der Waals surface area contributed by atoms with Crippen molar-refractivity contribution < 1.29 is 17.6 Å². The Labute approximate surface area is 157 Å². The molecule has 1 aliphatic heterocycles. The van der Waals surface area contributed by atoms with Crippen molar-refractivity contribution in [3.63, 3.8) is 0 Å². The molecule has 0 bridgehead atoms. The molecule has 0 N–H and O–H groups in total. The second-order valence-electron chi connectivity index (χ2n) is 6.89. The van der Waals surface area contributed by atoms with E-state index in [2.05, 4.69) is 15.1 Å². The van der Waals surface area contributed by atoms with Crippen LogP contribution in [0.25, 0.3) is 22.1 Å². The lowest BCUT2D eigenvalue weighted by molar-refractivity contribution is -0.141. The van der Waals surface area contributed by atoms with Gasteiger partial charge >= 0.3 is 6.18 Å². The summed E-state index contributed by atoms with van der Waals surface area (Å²) in [6.45, 7) is 1.25. The fourth-order valence-electron chi connectivity index (χ4n) is 3.79. The van der Waals surface area contributed by atoms with E-state index >= 15 is 0 Å². The smallest absolute Gasteiger partial charge is 0.435 e. The highest BCUT2D eigenvalue weighted by Crippen LogP contribution is 2.35. The van der Waals surface area contributed by atoms with Crippen molar-refractivity contribution in [2.75, 3.05) is 18.0 Å². The number of rotatable bonds is 2. The van der Waals surface area contributed by atoms with Gasteiger partial charge in [-0.15, -0.1) is 0 Å². The molecule has 0 saturated carbocycles. The Morgan fingerprint density at radius 1 is 1.11 bits per heavy atom. The van der Waals surface area contributed by atoms with Crippen LogP contribution in [0.5, 0.6) is 0 Å². The van der Waals surface area contributed by atoms with E-state index in [1.165, 1.54) is 17.2 Å². The van der Waals surface area contributed by atoms with Crippen LogP contribution in [0.15, 0.2) is 47.3 Å². The summed E-state index contributed by atoms with van der Waals surface area (Å²) in [6.07, 6.45) is 0.0286. The first-order valence-electron chi connectivity index (χ1n) is 9.00. The molecule has 0 amide bonds. The average molecular weight is 387 g/mol. The van der Waals surface area contributed by atoms with Gasteiger partial charge in [0, 0.05) is 24.7 Å². The molecule has 1 atom stereocenters. The molecule has 4 heterocycles. The maximum atomic E-state index is 12.9. The van der Waals surface area contributed by atoms with Crippen LogP contribution in [0.1, 0.15) is 24.6 Å². The first-order valence-corrected chi connectivity index (χ1v) is 9.00. The molecule has 3 aromatic heterocycles. The van der Waals surface area contributed by atoms with Crippen molar-refractivity contribution in [1.29, 1.82) is 0 Å². The third kappa shape index (κ3) is 2.78. The topological polar surface area (TPSA) is 60.0 Å². The predicted molar refractivity (Wildman–Crippen MR) is 97.0 cm³/mol. The highest BCUT2D eigenvalue weighted by Gasteiger charge is 2.35. The van der Waals surface area contributed by atoms with Crippen molar-refractivity contribution >= 4 is 27.9 Å². The normalized spacial score (nSPS) is 18.2. The molecule has 1 aliphatic rings. The van der Waals surface area contributed by atoms with Gasteiger partial charge in [-0.25, -0.2) is 9.97 Å². The fourth-order valence-corrected chi connectivity index (χ4v) is 3.79. The van der Waals surface area contributed by atoms with Crippen LogP contribution in [-0.2, 0) is 6.18 Å². The van der Waals surface area contributed by atoms with Crippen molar-refractivity contribution in [1.82, 2.24) is 19.7 Å². The van der Waals surface area contributed by atoms with Gasteiger partial charge in [0.05, 0.1) is 6.04 Å². The van der Waals surface area contributed by atoms with E-state index in [1.54, 1.807) is 0 Å². The van der Waals surface area contributed by atoms with Gasteiger partial charge in [-0.05, 0) is 31.0 Å². The van der Waals surface area contributed by atoms with Gasteiger partial charge in [-0.3, -0.25) is 4.68 Å². The first kappa shape index (κ1) is 17.0. The Morgan fingerprint density at radius 2 is 1.96 bits per heavy atom. The Bertz CT molecular complexity index is 1150. The van der Waals surface area contributed by atoms with Gasteiger partial charge in [0.15, 0.2) is 17.1 Å². The highest BCUT2D eigenvalue weighted by molar-refractivity contribution is 6.05. The molecule has 28 heavy (non-hydrogen) atoms. The zero-order valence-electron chi connectivity index (χ0n) is 14.7. The predicted octanol–water partition coefficient (Wildman–Crippen LogP) is 4.43. The van der Waals surface area contributed by atoms with E-state index in [-0.39, 0.29) is 6.04 Å². The van der Waals surface area contributed by atoms with Crippen molar-refractivity contribution in [2.45, 2.75) is 25.1 Å². The Kier molecular flexibility index (Phi) is 3.78. The minimum atomic E-state index is -4.44. The van der Waals surface area contributed by atoms with Gasteiger partial charge in [0.25, 0.3) is 0 Å². The van der Waals surface area contributed by atoms with Gasteiger partial charge in [0.1, 0.15) is 17.4 Å². The molecule has 0 radical (unpaired) electrons. The second kappa shape index (κ2) is 6.22. The summed E-state index contributed by atoms with van der Waals surface area (Å²) in [5.41, 5.74) is 1.20. The third-order valence-corrected chi connectivity index (χ3v) is 5.11. The van der Waals surface area contributed by atoms with E-state index < -0.39 is 11.9 Å². The van der Waals surface area contributed by atoms with Crippen molar-refractivity contribution in [3.05, 3.63) is 48.5 Å². The van der Waals surface area contributed by atoms with Crippen LogP contribution >= 0.6 is 0 Å². The number of halogens is 3. The number of hydrogen-bond acceptors (Lipinski definition) is 5. The standard InChI is InChI=1S/C19H16F3N5O/c20-19(21,22)15-7-9-27(25-15)12-4-3-8-26(10-12)18-17-16(23-11-24-18)13-5-1-2-6-14(13)28-17/h1-2,5-7,9,11-12H,3-4,8,10H2. The molecule has 1 unspecified atom stereocenters. The molecular weight excluding hydrogens is 371 g/mol. The summed E-state index contributed by atoms with van der Waals surface area (Å²) in [6, 6.07) is 8.48. The Hall–Kier alpha value is -3.10. The lowest BCUT2D eigenvalue weighted by Gasteiger charge is -2.33. The van der Waals surface area contributed by atoms with E-state index in [9.17, 15) is 13.2 Å². The fraction of sp³-hybridized carbons (Fsp3) is 0.316. The maximum absolute atomic E-state index is 12.9. The van der Waals surface area contributed by atoms with E-state index in [0.29, 0.717) is 17.9 Å². The van der Waals surface area contributed by atoms with Gasteiger partial charge in [-0.1, -0.05) is 12.1 Å². The summed E-state index contributed by atoms with van der Waals surface area (Å²) >= 11 is 0. The lowest BCUT2D eigenvalue weighted by Crippen LogP contribution is -2.37. The summed E-state index contributed by atoms with van der Waals surface area (Å²) in [5.74, 6) is 0.661. The van der Waals surface area contributed by atoms with Crippen molar-refractivity contribution in [2.24, 2.45) is 0 Å². The number of furan rings is 1. The summed E-state index contributed by atoms with van der Waals surface area (Å²) in [5, 5.41) is 4.65. The number of aromatic nitrogens is 4. The molecule has 9 heteroatoms. The zero-order valence-corrected chi connectivity index (χ0v) is 14.7. The van der Waals surface area contributed by atoms with E-state index in [1.807, 2.05) is 29.2 Å². The molecule has 1 fully saturated rings. The maximum Gasteiger partial charge on any atom is 0.435 e. The number of alkyl halides is 3. The molecule has 0 aliphatic carbocycles. The minimum absolute atomic E-state index is 0.167. The average Bonchev–Trinajstić information content (AvgIpc) is 3.33. The van der Waals surface area contributed by atoms with Gasteiger partial charge < -0.3 is 9.32 Å². The minimum Gasteiger partial charge on any atom is -0.450 e. The Balaban J connectivity index is 1.49. The SMILES string of the molecule is FC(F)(F)c1ccn(C2CCCN(c3ncnc4c3oc3ccccc34)C2)n1. The van der Waals surface area contributed by atoms with Crippen molar-refractivity contribution in [3.8, 4) is 0 Å². The number of hydrogen-bond donors (Lipinski definition) is 0. The first-order chi connectivity index (χ1) is 13.5. The molecule has 6 nitrogen and oxygen atoms in total. The molecule has 1 saturated heterocycles. The zero-order chi connectivity index (χ0) is 19.3. The van der Waals surface area contributed by atoms with Gasteiger partial charge in [0.2, 0.25) is 0 Å². The van der Waals surface area contributed by atoms with Crippen LogP contribution in [0.3, 0.4) is 0 Å². The van der Waals surface area contributed by atoms with Crippen LogP contribution < -0.4 is 4.90 Å². The van der Waals surface area contributed by atoms with Crippen LogP contribution in [0.4, 0.5) is 19.0 Å². The van der Waals surface area contributed by atoms with E-state index in [0.717, 1.165) is 41.9 Å². The molecule has 1 aromatic carbocycles. The molecule has 0 spiro atoms. The van der Waals surface area contributed by atoms with Crippen LogP contribution in [-0.4, -0.2) is 32.8 Å². The third-order valence-electron chi connectivity index (χ3n) is 5.11. The van der Waals surface area contributed by atoms with Gasteiger partial charge in [-0.2, -0.15) is 18.3 Å².